The number of furan rings is 1. The quantitative estimate of drug-likeness (QED) is 0.196. The molecule has 0 bridgehead atoms. The minimum Gasteiger partial charge on any atom is -0.455 e. The summed E-state index contributed by atoms with van der Waals surface area (Å²) in [6, 6.07) is 48.9. The van der Waals surface area contributed by atoms with Crippen molar-refractivity contribution in [1.82, 2.24) is 19.9 Å². The van der Waals surface area contributed by atoms with Gasteiger partial charge in [-0.15, -0.1) is 0 Å². The second-order valence-electron chi connectivity index (χ2n) is 11.9. The fraction of sp³-hybridized carbons (Fsp3) is 0. The van der Waals surface area contributed by atoms with Crippen LogP contribution in [0.25, 0.3) is 100 Å². The molecule has 0 aliphatic rings. The van der Waals surface area contributed by atoms with Crippen LogP contribution in [0.4, 0.5) is 0 Å². The third-order valence-electron chi connectivity index (χ3n) is 8.93. The van der Waals surface area contributed by atoms with E-state index in [2.05, 4.69) is 48.5 Å². The molecule has 224 valence electrons. The van der Waals surface area contributed by atoms with Crippen molar-refractivity contribution in [3.05, 3.63) is 146 Å². The molecule has 10 aromatic rings. The van der Waals surface area contributed by atoms with Crippen LogP contribution in [0.2, 0.25) is 0 Å². The van der Waals surface area contributed by atoms with Crippen molar-refractivity contribution in [3.8, 4) is 45.6 Å². The molecule has 0 radical (unpaired) electrons. The highest BCUT2D eigenvalue weighted by atomic mass is 16.3. The molecule has 7 aromatic carbocycles. The zero-order valence-corrected chi connectivity index (χ0v) is 25.5. The Kier molecular flexibility index (Phi) is 5.77. The van der Waals surface area contributed by atoms with Gasteiger partial charge in [0.05, 0.1) is 5.56 Å². The van der Waals surface area contributed by atoms with Gasteiger partial charge in [0.15, 0.2) is 23.1 Å². The molecule has 0 N–H and O–H groups in total. The van der Waals surface area contributed by atoms with E-state index in [1.165, 1.54) is 0 Å². The summed E-state index contributed by atoms with van der Waals surface area (Å²) in [6.07, 6.45) is 0. The summed E-state index contributed by atoms with van der Waals surface area (Å²) in [4.78, 5) is 19.9. The molecule has 6 nitrogen and oxygen atoms in total. The van der Waals surface area contributed by atoms with Gasteiger partial charge in [-0.3, -0.25) is 0 Å². The van der Waals surface area contributed by atoms with Crippen LogP contribution in [0.15, 0.2) is 154 Å². The maximum atomic E-state index is 6.67. The van der Waals surface area contributed by atoms with Gasteiger partial charge in [0.1, 0.15) is 16.7 Å². The monoisotopic (exact) mass is 616 g/mol. The molecule has 0 amide bonds. The Balaban J connectivity index is 1.22. The van der Waals surface area contributed by atoms with E-state index in [1.54, 1.807) is 0 Å². The van der Waals surface area contributed by atoms with Crippen molar-refractivity contribution in [2.24, 2.45) is 0 Å². The first-order valence-electron chi connectivity index (χ1n) is 15.8. The second-order valence-corrected chi connectivity index (χ2v) is 11.9. The van der Waals surface area contributed by atoms with Gasteiger partial charge in [0.25, 0.3) is 0 Å². The third-order valence-corrected chi connectivity index (χ3v) is 8.93. The first kappa shape index (κ1) is 26.5. The molecule has 0 aliphatic carbocycles. The maximum absolute atomic E-state index is 6.67. The van der Waals surface area contributed by atoms with Gasteiger partial charge in [-0.05, 0) is 52.6 Å². The molecule has 0 saturated carbocycles. The number of hydrogen-bond donors (Lipinski definition) is 0. The van der Waals surface area contributed by atoms with Gasteiger partial charge in [-0.2, -0.15) is 0 Å². The number of para-hydroxylation sites is 1. The Morgan fingerprint density at radius 1 is 0.396 bits per heavy atom. The lowest BCUT2D eigenvalue weighted by Gasteiger charge is -2.09. The maximum Gasteiger partial charge on any atom is 0.227 e. The van der Waals surface area contributed by atoms with E-state index < -0.39 is 0 Å². The topological polar surface area (TPSA) is 77.8 Å². The first-order chi connectivity index (χ1) is 23.8. The van der Waals surface area contributed by atoms with Gasteiger partial charge in [0.2, 0.25) is 5.89 Å². The van der Waals surface area contributed by atoms with Gasteiger partial charge in [0, 0.05) is 32.8 Å². The number of nitrogens with zero attached hydrogens (tertiary/aromatic N) is 4. The standard InChI is InChI=1S/C42H24N4O2/c1-3-11-27(12-4-1)39-44-40(30-19-18-25-10-7-8-15-29(25)24-30)46-41(45-39)32-17-9-16-31-36-34(47-37(31)32)23-21-26-20-22-33-38(35(26)36)48-42(43-33)28-13-5-2-6-14-28/h1-24H. The van der Waals surface area contributed by atoms with Crippen LogP contribution >= 0.6 is 0 Å². The molecule has 0 aliphatic heterocycles. The Morgan fingerprint density at radius 3 is 1.92 bits per heavy atom. The molecule has 0 spiro atoms. The lowest BCUT2D eigenvalue weighted by molar-refractivity contribution is 0.623. The Labute approximate surface area is 274 Å². The van der Waals surface area contributed by atoms with E-state index in [-0.39, 0.29) is 0 Å². The largest absolute Gasteiger partial charge is 0.455 e. The average molecular weight is 617 g/mol. The molecule has 3 aromatic heterocycles. The molecule has 10 rings (SSSR count). The van der Waals surface area contributed by atoms with Gasteiger partial charge in [-0.1, -0.05) is 109 Å². The van der Waals surface area contributed by atoms with Crippen molar-refractivity contribution in [1.29, 1.82) is 0 Å². The third kappa shape index (κ3) is 4.20. The zero-order valence-electron chi connectivity index (χ0n) is 25.5. The number of benzene rings is 7. The van der Waals surface area contributed by atoms with Crippen molar-refractivity contribution >= 4 is 54.6 Å². The summed E-state index contributed by atoms with van der Waals surface area (Å²) < 4.78 is 13.2. The van der Waals surface area contributed by atoms with Gasteiger partial charge in [-0.25, -0.2) is 19.9 Å². The van der Waals surface area contributed by atoms with Crippen molar-refractivity contribution < 1.29 is 8.83 Å². The predicted octanol–water partition coefficient (Wildman–Crippen LogP) is 10.9. The molecule has 48 heavy (non-hydrogen) atoms. The summed E-state index contributed by atoms with van der Waals surface area (Å²) >= 11 is 0. The molecule has 0 saturated heterocycles. The lowest BCUT2D eigenvalue weighted by atomic mass is 10.0. The highest BCUT2D eigenvalue weighted by Gasteiger charge is 2.21. The average Bonchev–Trinajstić information content (AvgIpc) is 3.77. The van der Waals surface area contributed by atoms with Crippen LogP contribution in [0.1, 0.15) is 0 Å². The van der Waals surface area contributed by atoms with E-state index in [9.17, 15) is 0 Å². The molecule has 0 fully saturated rings. The summed E-state index contributed by atoms with van der Waals surface area (Å²) in [7, 11) is 0. The highest BCUT2D eigenvalue weighted by Crippen LogP contribution is 2.42. The minimum absolute atomic E-state index is 0.539. The lowest BCUT2D eigenvalue weighted by Crippen LogP contribution is -2.00. The molecule has 0 unspecified atom stereocenters. The molecule has 3 heterocycles. The van der Waals surface area contributed by atoms with Crippen LogP contribution in [-0.4, -0.2) is 19.9 Å². The van der Waals surface area contributed by atoms with E-state index in [0.717, 1.165) is 71.3 Å². The minimum atomic E-state index is 0.539. The second kappa shape index (κ2) is 10.4. The number of fused-ring (bicyclic) bond motifs is 8. The van der Waals surface area contributed by atoms with Crippen molar-refractivity contribution in [2.75, 3.05) is 0 Å². The number of hydrogen-bond acceptors (Lipinski definition) is 6. The Hall–Kier alpha value is -6.66. The highest BCUT2D eigenvalue weighted by molar-refractivity contribution is 6.26. The first-order valence-corrected chi connectivity index (χ1v) is 15.8. The number of rotatable bonds is 4. The van der Waals surface area contributed by atoms with E-state index in [1.807, 2.05) is 97.1 Å². The molecular weight excluding hydrogens is 592 g/mol. The Bertz CT molecular complexity index is 2840. The summed E-state index contributed by atoms with van der Waals surface area (Å²) in [5.74, 6) is 2.32. The van der Waals surface area contributed by atoms with Crippen LogP contribution in [-0.2, 0) is 0 Å². The van der Waals surface area contributed by atoms with E-state index >= 15 is 0 Å². The van der Waals surface area contributed by atoms with Gasteiger partial charge < -0.3 is 8.83 Å². The van der Waals surface area contributed by atoms with Crippen molar-refractivity contribution in [3.63, 3.8) is 0 Å². The summed E-state index contributed by atoms with van der Waals surface area (Å²) in [5.41, 5.74) is 6.52. The smallest absolute Gasteiger partial charge is 0.227 e. The SMILES string of the molecule is c1ccc(-c2nc(-c3ccc4ccccc4c3)nc(-c3cccc4c3oc3ccc5ccc6nc(-c7ccccc7)oc6c5c34)n2)cc1. The van der Waals surface area contributed by atoms with Crippen LogP contribution < -0.4 is 0 Å². The molecular formula is C42H24N4O2. The van der Waals surface area contributed by atoms with Crippen LogP contribution in [0.3, 0.4) is 0 Å². The normalized spacial score (nSPS) is 11.8. The molecule has 0 atom stereocenters. The zero-order chi connectivity index (χ0) is 31.6. The Morgan fingerprint density at radius 2 is 1.08 bits per heavy atom. The molecule has 6 heteroatoms. The summed E-state index contributed by atoms with van der Waals surface area (Å²) in [6.45, 7) is 0. The van der Waals surface area contributed by atoms with E-state index in [4.69, 9.17) is 28.8 Å². The summed E-state index contributed by atoms with van der Waals surface area (Å²) in [5, 5.41) is 6.22. The van der Waals surface area contributed by atoms with E-state index in [0.29, 0.717) is 28.9 Å². The fourth-order valence-corrected chi connectivity index (χ4v) is 6.63. The fourth-order valence-electron chi connectivity index (χ4n) is 6.63. The van der Waals surface area contributed by atoms with Crippen molar-refractivity contribution in [2.45, 2.75) is 0 Å². The number of aromatic nitrogens is 4. The number of oxazole rings is 1. The van der Waals surface area contributed by atoms with Gasteiger partial charge >= 0.3 is 0 Å². The predicted molar refractivity (Wildman–Crippen MR) is 191 cm³/mol. The van der Waals surface area contributed by atoms with Crippen LogP contribution in [0.5, 0.6) is 0 Å². The van der Waals surface area contributed by atoms with Crippen LogP contribution in [0, 0.1) is 0 Å².